The Morgan fingerprint density at radius 1 is 0.970 bits per heavy atom. The van der Waals surface area contributed by atoms with E-state index in [-0.39, 0.29) is 0 Å². The molecule has 0 saturated heterocycles. The molecule has 5 aromatic rings. The molecule has 0 saturated carbocycles. The van der Waals surface area contributed by atoms with Gasteiger partial charge >= 0.3 is 0 Å². The van der Waals surface area contributed by atoms with Gasteiger partial charge in [-0.1, -0.05) is 42.5 Å². The summed E-state index contributed by atoms with van der Waals surface area (Å²) in [4.78, 5) is 8.07. The lowest BCUT2D eigenvalue weighted by Gasteiger charge is -2.14. The van der Waals surface area contributed by atoms with Crippen LogP contribution in [0.4, 0.5) is 0 Å². The van der Waals surface area contributed by atoms with Crippen molar-refractivity contribution < 1.29 is 4.42 Å². The number of furan rings is 1. The molecule has 1 aliphatic rings. The van der Waals surface area contributed by atoms with Crippen LogP contribution in [0.15, 0.2) is 76.1 Å². The summed E-state index contributed by atoms with van der Waals surface area (Å²) in [5.41, 5.74) is 7.82. The van der Waals surface area contributed by atoms with E-state index in [1.807, 2.05) is 18.2 Å². The molecule has 2 N–H and O–H groups in total. The number of nitriles is 1. The van der Waals surface area contributed by atoms with E-state index >= 15 is 0 Å². The number of hydrogen-bond donors (Lipinski definition) is 2. The quantitative estimate of drug-likeness (QED) is 0.359. The van der Waals surface area contributed by atoms with Gasteiger partial charge in [-0.15, -0.1) is 0 Å². The summed E-state index contributed by atoms with van der Waals surface area (Å²) in [7, 11) is 0. The Kier molecular flexibility index (Phi) is 4.51. The number of rotatable bonds is 3. The van der Waals surface area contributed by atoms with E-state index in [9.17, 15) is 5.26 Å². The van der Waals surface area contributed by atoms with Crippen LogP contribution >= 0.6 is 0 Å². The van der Waals surface area contributed by atoms with Crippen LogP contribution in [-0.2, 0) is 0 Å². The molecule has 3 heterocycles. The molecule has 0 atom stereocenters. The zero-order valence-electron chi connectivity index (χ0n) is 18.3. The zero-order valence-corrected chi connectivity index (χ0v) is 18.3. The molecule has 5 heteroatoms. The van der Waals surface area contributed by atoms with Crippen molar-refractivity contribution in [3.8, 4) is 28.7 Å². The first kappa shape index (κ1) is 19.4. The summed E-state index contributed by atoms with van der Waals surface area (Å²) in [5, 5.41) is 14.9. The Bertz CT molecular complexity index is 1580. The summed E-state index contributed by atoms with van der Waals surface area (Å²) in [6.45, 7) is 3.88. The first-order valence-electron chi connectivity index (χ1n) is 11.2. The van der Waals surface area contributed by atoms with Crippen LogP contribution in [0.2, 0.25) is 0 Å². The number of hydrogen-bond acceptors (Lipinski definition) is 4. The monoisotopic (exact) mass is 430 g/mol. The smallest absolute Gasteiger partial charge is 0.135 e. The summed E-state index contributed by atoms with van der Waals surface area (Å²) in [5.74, 6) is 1.78. The van der Waals surface area contributed by atoms with Crippen LogP contribution in [0.5, 0.6) is 0 Å². The van der Waals surface area contributed by atoms with Crippen LogP contribution in [0.1, 0.15) is 23.1 Å². The van der Waals surface area contributed by atoms with Gasteiger partial charge in [0.1, 0.15) is 17.2 Å². The summed E-state index contributed by atoms with van der Waals surface area (Å²) in [6, 6.07) is 24.8. The normalized spacial score (nSPS) is 13.6. The molecule has 0 bridgehead atoms. The maximum atomic E-state index is 9.47. The third-order valence-electron chi connectivity index (χ3n) is 6.34. The molecule has 6 rings (SSSR count). The minimum Gasteiger partial charge on any atom is -0.456 e. The Labute approximate surface area is 191 Å². The molecule has 160 valence electrons. The highest BCUT2D eigenvalue weighted by Gasteiger charge is 2.14. The third-order valence-corrected chi connectivity index (χ3v) is 6.34. The average molecular weight is 431 g/mol. The van der Waals surface area contributed by atoms with E-state index in [4.69, 9.17) is 4.42 Å². The highest BCUT2D eigenvalue weighted by molar-refractivity contribution is 6.02. The average Bonchev–Trinajstić information content (AvgIpc) is 3.45. The Morgan fingerprint density at radius 3 is 2.58 bits per heavy atom. The van der Waals surface area contributed by atoms with Crippen LogP contribution in [-0.4, -0.2) is 23.9 Å². The SMILES string of the molecule is Cc1c(-c2ccc(-c3cc4ccc(C5=NCCCN5)cc4o3)cc2)[nH]c2cccc(C#N)c12. The number of aromatic nitrogens is 1. The van der Waals surface area contributed by atoms with E-state index in [2.05, 4.69) is 76.8 Å². The molecule has 0 fully saturated rings. The van der Waals surface area contributed by atoms with E-state index in [1.165, 1.54) is 0 Å². The van der Waals surface area contributed by atoms with Gasteiger partial charge in [-0.2, -0.15) is 5.26 Å². The second-order valence-electron chi connectivity index (χ2n) is 8.42. The standard InChI is InChI=1S/C28H22N4O/c1-17-26-22(16-29)4-2-5-23(26)32-27(17)19-8-6-18(7-9-19)24-14-20-10-11-21(15-25(20)33-24)28-30-12-3-13-31-28/h2,4-11,14-15,32H,3,12-13H2,1H3,(H,30,31). The van der Waals surface area contributed by atoms with Crippen molar-refractivity contribution in [3.63, 3.8) is 0 Å². The van der Waals surface area contributed by atoms with Crippen molar-refractivity contribution in [2.75, 3.05) is 13.1 Å². The minimum absolute atomic E-state index is 0.695. The molecular weight excluding hydrogens is 408 g/mol. The summed E-state index contributed by atoms with van der Waals surface area (Å²) in [6.07, 6.45) is 1.07. The highest BCUT2D eigenvalue weighted by atomic mass is 16.3. The number of H-pyrrole nitrogens is 1. The van der Waals surface area contributed by atoms with Gasteiger partial charge in [0.25, 0.3) is 0 Å². The molecule has 33 heavy (non-hydrogen) atoms. The van der Waals surface area contributed by atoms with Crippen LogP contribution < -0.4 is 5.32 Å². The van der Waals surface area contributed by atoms with Crippen molar-refractivity contribution in [3.05, 3.63) is 83.4 Å². The number of nitrogens with one attached hydrogen (secondary N) is 2. The number of aliphatic imine (C=N–C) groups is 1. The predicted octanol–water partition coefficient (Wildman–Crippen LogP) is 6.17. The molecule has 3 aromatic carbocycles. The Balaban J connectivity index is 1.34. The fraction of sp³-hybridized carbons (Fsp3) is 0.143. The van der Waals surface area contributed by atoms with Crippen molar-refractivity contribution >= 4 is 27.7 Å². The number of amidine groups is 1. The second-order valence-corrected chi connectivity index (χ2v) is 8.42. The number of benzene rings is 3. The lowest BCUT2D eigenvalue weighted by Crippen LogP contribution is -2.30. The molecule has 2 aromatic heterocycles. The van der Waals surface area contributed by atoms with E-state index in [1.54, 1.807) is 0 Å². The maximum Gasteiger partial charge on any atom is 0.135 e. The highest BCUT2D eigenvalue weighted by Crippen LogP contribution is 2.34. The van der Waals surface area contributed by atoms with Gasteiger partial charge in [0, 0.05) is 46.2 Å². The van der Waals surface area contributed by atoms with Crippen molar-refractivity contribution in [2.24, 2.45) is 4.99 Å². The zero-order chi connectivity index (χ0) is 22.4. The molecule has 5 nitrogen and oxygen atoms in total. The predicted molar refractivity (Wildman–Crippen MR) is 132 cm³/mol. The van der Waals surface area contributed by atoms with E-state index in [0.29, 0.717) is 5.56 Å². The molecular formula is C28H22N4O. The first-order chi connectivity index (χ1) is 16.2. The Morgan fingerprint density at radius 2 is 1.79 bits per heavy atom. The minimum atomic E-state index is 0.695. The van der Waals surface area contributed by atoms with E-state index < -0.39 is 0 Å². The molecule has 1 aliphatic heterocycles. The van der Waals surface area contributed by atoms with Crippen LogP contribution in [0.3, 0.4) is 0 Å². The molecule has 0 amide bonds. The lowest BCUT2D eigenvalue weighted by atomic mass is 10.0. The maximum absolute atomic E-state index is 9.47. The Hall–Kier alpha value is -4.30. The van der Waals surface area contributed by atoms with Gasteiger partial charge in [0.2, 0.25) is 0 Å². The molecule has 0 radical (unpaired) electrons. The number of nitrogens with zero attached hydrogens (tertiary/aromatic N) is 2. The van der Waals surface area contributed by atoms with Crippen LogP contribution in [0, 0.1) is 18.3 Å². The van der Waals surface area contributed by atoms with Gasteiger partial charge in [0.15, 0.2) is 0 Å². The fourth-order valence-corrected chi connectivity index (χ4v) is 4.64. The van der Waals surface area contributed by atoms with Gasteiger partial charge in [-0.3, -0.25) is 4.99 Å². The second kappa shape index (κ2) is 7.68. The fourth-order valence-electron chi connectivity index (χ4n) is 4.64. The summed E-state index contributed by atoms with van der Waals surface area (Å²) < 4.78 is 6.21. The largest absolute Gasteiger partial charge is 0.456 e. The summed E-state index contributed by atoms with van der Waals surface area (Å²) >= 11 is 0. The van der Waals surface area contributed by atoms with Crippen molar-refractivity contribution in [1.82, 2.24) is 10.3 Å². The number of aromatic amines is 1. The third kappa shape index (κ3) is 3.28. The van der Waals surface area contributed by atoms with Gasteiger partial charge in [-0.05, 0) is 48.7 Å². The number of aryl methyl sites for hydroxylation is 1. The first-order valence-corrected chi connectivity index (χ1v) is 11.2. The molecule has 0 spiro atoms. The van der Waals surface area contributed by atoms with Gasteiger partial charge < -0.3 is 14.7 Å². The lowest BCUT2D eigenvalue weighted by molar-refractivity contribution is 0.631. The molecule has 0 unspecified atom stereocenters. The molecule has 0 aliphatic carbocycles. The van der Waals surface area contributed by atoms with Crippen LogP contribution in [0.25, 0.3) is 44.5 Å². The van der Waals surface area contributed by atoms with Gasteiger partial charge in [0.05, 0.1) is 11.6 Å². The van der Waals surface area contributed by atoms with E-state index in [0.717, 1.165) is 80.9 Å². The number of fused-ring (bicyclic) bond motifs is 2. The van der Waals surface area contributed by atoms with Crippen molar-refractivity contribution in [2.45, 2.75) is 13.3 Å². The van der Waals surface area contributed by atoms with Gasteiger partial charge in [-0.25, -0.2) is 0 Å². The topological polar surface area (TPSA) is 77.1 Å². The van der Waals surface area contributed by atoms with Crippen molar-refractivity contribution in [1.29, 1.82) is 5.26 Å².